The highest BCUT2D eigenvalue weighted by Gasteiger charge is 2.30. The van der Waals surface area contributed by atoms with Crippen LogP contribution in [0.2, 0.25) is 10.0 Å². The number of carbonyl (C=O) groups excluding carboxylic acids is 3. The summed E-state index contributed by atoms with van der Waals surface area (Å²) in [4.78, 5) is 40.9. The first-order chi connectivity index (χ1) is 18.3. The summed E-state index contributed by atoms with van der Waals surface area (Å²) in [6.07, 6.45) is 6.44. The number of thiophene rings is 1. The van der Waals surface area contributed by atoms with E-state index in [0.29, 0.717) is 48.0 Å². The van der Waals surface area contributed by atoms with E-state index in [1.165, 1.54) is 24.9 Å². The number of hydrogen-bond donors (Lipinski definition) is 1. The predicted octanol–water partition coefficient (Wildman–Crippen LogP) is 6.08. The second kappa shape index (κ2) is 13.0. The van der Waals surface area contributed by atoms with Crippen LogP contribution in [0.5, 0.6) is 0 Å². The quantitative estimate of drug-likeness (QED) is 0.195. The van der Waals surface area contributed by atoms with Gasteiger partial charge in [0.05, 0.1) is 17.2 Å². The maximum atomic E-state index is 13.1. The van der Waals surface area contributed by atoms with E-state index < -0.39 is 12.0 Å². The van der Waals surface area contributed by atoms with Gasteiger partial charge in [0.25, 0.3) is 0 Å². The minimum atomic E-state index is -0.776. The molecule has 0 radical (unpaired) electrons. The Kier molecular flexibility index (Phi) is 9.76. The van der Waals surface area contributed by atoms with E-state index in [2.05, 4.69) is 5.32 Å². The van der Waals surface area contributed by atoms with Crippen LogP contribution in [-0.2, 0) is 25.5 Å². The molecule has 1 aromatic heterocycles. The number of esters is 1. The van der Waals surface area contributed by atoms with Crippen molar-refractivity contribution in [1.82, 2.24) is 10.2 Å². The Morgan fingerprint density at radius 1 is 1.16 bits per heavy atom. The largest absolute Gasteiger partial charge is 0.467 e. The Hall–Kier alpha value is -2.52. The van der Waals surface area contributed by atoms with Crippen LogP contribution < -0.4 is 5.32 Å². The van der Waals surface area contributed by atoms with Gasteiger partial charge in [0.1, 0.15) is 6.04 Å². The molecule has 3 aromatic rings. The summed E-state index contributed by atoms with van der Waals surface area (Å²) in [5.74, 6) is -1.11. The molecule has 0 spiro atoms. The third-order valence-electron chi connectivity index (χ3n) is 6.67. The highest BCUT2D eigenvalue weighted by atomic mass is 35.5. The van der Waals surface area contributed by atoms with Crippen LogP contribution in [0, 0.1) is 5.92 Å². The van der Waals surface area contributed by atoms with Crippen molar-refractivity contribution in [3.05, 3.63) is 69.0 Å². The fourth-order valence-corrected chi connectivity index (χ4v) is 6.65. The molecule has 0 bridgehead atoms. The van der Waals surface area contributed by atoms with E-state index in [0.717, 1.165) is 20.5 Å². The number of piperidine rings is 1. The Balaban J connectivity index is 1.34. The topological polar surface area (TPSA) is 75.7 Å². The monoisotopic (exact) mass is 590 g/mol. The van der Waals surface area contributed by atoms with Crippen molar-refractivity contribution in [3.63, 3.8) is 0 Å². The number of likely N-dealkylation sites (tertiary alicyclic amines) is 1. The molecule has 1 aliphatic rings. The van der Waals surface area contributed by atoms with Gasteiger partial charge < -0.3 is 15.0 Å². The molecule has 1 atom stereocenters. The first-order valence-electron chi connectivity index (χ1n) is 12.1. The third kappa shape index (κ3) is 6.54. The highest BCUT2D eigenvalue weighted by Crippen LogP contribution is 2.35. The lowest BCUT2D eigenvalue weighted by Gasteiger charge is -2.31. The van der Waals surface area contributed by atoms with E-state index in [1.807, 2.05) is 48.0 Å². The fraction of sp³-hybridized carbons (Fsp3) is 0.321. The number of methoxy groups -OCH3 is 1. The number of hydrogen-bond acceptors (Lipinski definition) is 6. The molecule has 200 valence electrons. The van der Waals surface area contributed by atoms with Crippen molar-refractivity contribution in [3.8, 4) is 0 Å². The number of fused-ring (bicyclic) bond motifs is 1. The Morgan fingerprint density at radius 2 is 1.89 bits per heavy atom. The van der Waals surface area contributed by atoms with Crippen molar-refractivity contribution >= 4 is 80.2 Å². The van der Waals surface area contributed by atoms with Crippen molar-refractivity contribution in [2.45, 2.75) is 30.2 Å². The molecule has 2 amide bonds. The number of nitrogens with one attached hydrogen (secondary N) is 1. The molecule has 10 heteroatoms. The van der Waals surface area contributed by atoms with Gasteiger partial charge >= 0.3 is 5.97 Å². The normalized spacial score (nSPS) is 15.1. The summed E-state index contributed by atoms with van der Waals surface area (Å²) in [5, 5.41) is 6.87. The maximum Gasteiger partial charge on any atom is 0.328 e. The molecule has 4 rings (SSSR count). The van der Waals surface area contributed by atoms with Crippen LogP contribution in [-0.4, -0.2) is 55.2 Å². The Morgan fingerprint density at radius 3 is 2.61 bits per heavy atom. The minimum absolute atomic E-state index is 0.151. The summed E-state index contributed by atoms with van der Waals surface area (Å²) in [7, 11) is 1.32. The summed E-state index contributed by atoms with van der Waals surface area (Å²) >= 11 is 15.7. The van der Waals surface area contributed by atoms with Crippen molar-refractivity contribution in [1.29, 1.82) is 0 Å². The van der Waals surface area contributed by atoms with E-state index in [4.69, 9.17) is 27.9 Å². The second-order valence-electron chi connectivity index (χ2n) is 8.96. The zero-order chi connectivity index (χ0) is 27.2. The van der Waals surface area contributed by atoms with Crippen molar-refractivity contribution < 1.29 is 19.1 Å². The Bertz CT molecular complexity index is 1370. The van der Waals surface area contributed by atoms with Crippen LogP contribution in [0.4, 0.5) is 0 Å². The van der Waals surface area contributed by atoms with E-state index >= 15 is 0 Å². The van der Waals surface area contributed by atoms with Crippen molar-refractivity contribution in [2.24, 2.45) is 5.92 Å². The molecule has 0 unspecified atom stereocenters. The number of ether oxygens (including phenoxy) is 1. The first kappa shape index (κ1) is 28.5. The average Bonchev–Trinajstić information content (AvgIpc) is 3.35. The molecular formula is C28H28Cl2N2O4S2. The van der Waals surface area contributed by atoms with Crippen LogP contribution in [0.1, 0.15) is 24.0 Å². The predicted molar refractivity (Wildman–Crippen MR) is 156 cm³/mol. The molecule has 0 saturated carbocycles. The van der Waals surface area contributed by atoms with Gasteiger partial charge in [-0.25, -0.2) is 4.79 Å². The van der Waals surface area contributed by atoms with Crippen molar-refractivity contribution in [2.75, 3.05) is 26.5 Å². The molecule has 1 N–H and O–H groups in total. The number of thioether (sulfide) groups is 1. The molecule has 1 fully saturated rings. The van der Waals surface area contributed by atoms with Gasteiger partial charge in [-0.3, -0.25) is 9.59 Å². The van der Waals surface area contributed by atoms with Gasteiger partial charge in [0.15, 0.2) is 0 Å². The summed E-state index contributed by atoms with van der Waals surface area (Å²) in [6, 6.07) is 10.9. The summed E-state index contributed by atoms with van der Waals surface area (Å²) in [6.45, 7) is 0.887. The maximum absolute atomic E-state index is 13.1. The van der Waals surface area contributed by atoms with Gasteiger partial charge in [-0.15, -0.1) is 23.1 Å². The highest BCUT2D eigenvalue weighted by molar-refractivity contribution is 7.98. The fourth-order valence-electron chi connectivity index (χ4n) is 4.50. The van der Waals surface area contributed by atoms with Gasteiger partial charge in [-0.1, -0.05) is 47.5 Å². The van der Waals surface area contributed by atoms with Crippen LogP contribution >= 0.6 is 46.3 Å². The van der Waals surface area contributed by atoms with Gasteiger partial charge in [0.2, 0.25) is 11.8 Å². The molecule has 1 saturated heterocycles. The average molecular weight is 592 g/mol. The molecule has 2 heterocycles. The number of nitrogens with zero attached hydrogens (tertiary/aromatic N) is 1. The molecular weight excluding hydrogens is 563 g/mol. The second-order valence-corrected chi connectivity index (χ2v) is 11.5. The molecule has 0 aliphatic carbocycles. The molecule has 6 nitrogen and oxygen atoms in total. The van der Waals surface area contributed by atoms with Crippen LogP contribution in [0.15, 0.2) is 52.7 Å². The summed E-state index contributed by atoms with van der Waals surface area (Å²) in [5.41, 5.74) is 1.67. The molecule has 2 aromatic carbocycles. The van der Waals surface area contributed by atoms with Gasteiger partial charge in [-0.05, 0) is 59.2 Å². The van der Waals surface area contributed by atoms with E-state index in [-0.39, 0.29) is 17.7 Å². The van der Waals surface area contributed by atoms with Gasteiger partial charge in [-0.2, -0.15) is 0 Å². The Labute approximate surface area is 240 Å². The number of halogens is 2. The minimum Gasteiger partial charge on any atom is -0.467 e. The number of benzene rings is 2. The van der Waals surface area contributed by atoms with Crippen LogP contribution in [0.25, 0.3) is 16.2 Å². The lowest BCUT2D eigenvalue weighted by atomic mass is 9.95. The SMILES string of the molecule is COC(=O)[C@H](Cc1csc2ccccc12)NC(=O)C1CCN(C(=O)/C=C/c2ccc(SC)c(Cl)c2Cl)CC1. The molecule has 38 heavy (non-hydrogen) atoms. The zero-order valence-electron chi connectivity index (χ0n) is 21.0. The molecule has 1 aliphatic heterocycles. The number of amides is 2. The smallest absolute Gasteiger partial charge is 0.328 e. The van der Waals surface area contributed by atoms with Gasteiger partial charge in [0, 0.05) is 41.1 Å². The third-order valence-corrected chi connectivity index (χ3v) is 9.47. The standard InChI is InChI=1S/C28H28Cl2N2O4S2/c1-36-28(35)21(15-19-16-38-22-6-4-3-5-20(19)22)31-27(34)18-11-13-32(14-12-18)24(33)10-8-17-7-9-23(37-2)26(30)25(17)29/h3-10,16,18,21H,11-15H2,1-2H3,(H,31,34)/b10-8+/t21-/m0/s1. The zero-order valence-corrected chi connectivity index (χ0v) is 24.2. The number of rotatable bonds is 8. The first-order valence-corrected chi connectivity index (χ1v) is 15.0. The number of carbonyl (C=O) groups is 3. The van der Waals surface area contributed by atoms with Crippen LogP contribution in [0.3, 0.4) is 0 Å². The van der Waals surface area contributed by atoms with E-state index in [1.54, 1.807) is 22.3 Å². The lowest BCUT2D eigenvalue weighted by Crippen LogP contribution is -2.48. The summed E-state index contributed by atoms with van der Waals surface area (Å²) < 4.78 is 6.10. The van der Waals surface area contributed by atoms with E-state index in [9.17, 15) is 14.4 Å². The lowest BCUT2D eigenvalue weighted by molar-refractivity contribution is -0.145.